The first-order valence-electron chi connectivity index (χ1n) is 7.21. The summed E-state index contributed by atoms with van der Waals surface area (Å²) >= 11 is 0. The minimum atomic E-state index is -3.39. The Bertz CT molecular complexity index is 802. The Balaban J connectivity index is 2.21. The van der Waals surface area contributed by atoms with E-state index >= 15 is 0 Å². The van der Waals surface area contributed by atoms with E-state index in [0.29, 0.717) is 16.8 Å². The average molecular weight is 332 g/mol. The maximum absolute atomic E-state index is 12.5. The number of benzene rings is 2. The Morgan fingerprint density at radius 2 is 1.70 bits per heavy atom. The predicted octanol–water partition coefficient (Wildman–Crippen LogP) is 2.86. The van der Waals surface area contributed by atoms with Gasteiger partial charge in [0.05, 0.1) is 18.0 Å². The predicted molar refractivity (Wildman–Crippen MR) is 92.0 cm³/mol. The van der Waals surface area contributed by atoms with Gasteiger partial charge in [-0.15, -0.1) is 0 Å². The summed E-state index contributed by atoms with van der Waals surface area (Å²) in [5.41, 5.74) is 2.45. The van der Waals surface area contributed by atoms with Crippen LogP contribution in [0.15, 0.2) is 48.5 Å². The number of carbonyl (C=O) groups excluding carboxylic acids is 1. The van der Waals surface area contributed by atoms with Gasteiger partial charge in [-0.2, -0.15) is 0 Å². The lowest BCUT2D eigenvalue weighted by atomic mass is 10.0. The van der Waals surface area contributed by atoms with Gasteiger partial charge in [-0.3, -0.25) is 9.52 Å². The zero-order valence-corrected chi connectivity index (χ0v) is 14.1. The zero-order chi connectivity index (χ0) is 17.0. The number of hydrogen-bond donors (Lipinski definition) is 2. The van der Waals surface area contributed by atoms with E-state index in [1.807, 2.05) is 37.3 Å². The average Bonchev–Trinajstić information content (AvgIpc) is 2.49. The summed E-state index contributed by atoms with van der Waals surface area (Å²) in [7, 11) is -3.39. The Hall–Kier alpha value is -2.34. The molecule has 0 aliphatic rings. The summed E-state index contributed by atoms with van der Waals surface area (Å²) in [6.07, 6.45) is 1.08. The maximum Gasteiger partial charge on any atom is 0.252 e. The molecule has 122 valence electrons. The van der Waals surface area contributed by atoms with Crippen LogP contribution in [0.2, 0.25) is 0 Å². The molecule has 0 spiro atoms. The fourth-order valence-corrected chi connectivity index (χ4v) is 2.91. The van der Waals surface area contributed by atoms with Crippen LogP contribution in [-0.4, -0.2) is 20.6 Å². The lowest BCUT2D eigenvalue weighted by Crippen LogP contribution is -2.27. The molecule has 0 unspecified atom stereocenters. The topological polar surface area (TPSA) is 75.3 Å². The summed E-state index contributed by atoms with van der Waals surface area (Å²) in [6.45, 7) is 3.62. The first-order chi connectivity index (χ1) is 10.8. The van der Waals surface area contributed by atoms with Gasteiger partial charge < -0.3 is 5.32 Å². The van der Waals surface area contributed by atoms with Gasteiger partial charge in [0.15, 0.2) is 0 Å². The van der Waals surface area contributed by atoms with Crippen LogP contribution in [0, 0.1) is 6.92 Å². The molecule has 0 radical (unpaired) electrons. The molecule has 0 bridgehead atoms. The summed E-state index contributed by atoms with van der Waals surface area (Å²) in [4.78, 5) is 12.5. The highest BCUT2D eigenvalue weighted by atomic mass is 32.2. The zero-order valence-electron chi connectivity index (χ0n) is 13.3. The summed E-state index contributed by atoms with van der Waals surface area (Å²) in [6, 6.07) is 14.5. The van der Waals surface area contributed by atoms with E-state index in [2.05, 4.69) is 10.0 Å². The number of hydrogen-bond acceptors (Lipinski definition) is 3. The number of amides is 1. The fourth-order valence-electron chi connectivity index (χ4n) is 2.29. The van der Waals surface area contributed by atoms with Gasteiger partial charge in [-0.1, -0.05) is 36.4 Å². The normalized spacial score (nSPS) is 12.5. The van der Waals surface area contributed by atoms with E-state index < -0.39 is 10.0 Å². The van der Waals surface area contributed by atoms with Gasteiger partial charge in [0.1, 0.15) is 0 Å². The summed E-state index contributed by atoms with van der Waals surface area (Å²) < 4.78 is 25.2. The van der Waals surface area contributed by atoms with Crippen LogP contribution >= 0.6 is 0 Å². The Morgan fingerprint density at radius 3 is 2.30 bits per heavy atom. The number of nitrogens with one attached hydrogen (secondary N) is 2. The third kappa shape index (κ3) is 4.56. The van der Waals surface area contributed by atoms with Crippen LogP contribution in [-0.2, 0) is 10.0 Å². The van der Waals surface area contributed by atoms with E-state index in [1.54, 1.807) is 25.1 Å². The maximum atomic E-state index is 12.5. The van der Waals surface area contributed by atoms with E-state index in [1.165, 1.54) is 0 Å². The van der Waals surface area contributed by atoms with Gasteiger partial charge >= 0.3 is 0 Å². The highest BCUT2D eigenvalue weighted by Crippen LogP contribution is 2.21. The van der Waals surface area contributed by atoms with E-state index in [0.717, 1.165) is 11.8 Å². The second-order valence-corrected chi connectivity index (χ2v) is 7.21. The molecule has 0 aliphatic carbocycles. The van der Waals surface area contributed by atoms with Gasteiger partial charge in [0.25, 0.3) is 5.91 Å². The van der Waals surface area contributed by atoms with Gasteiger partial charge in [0, 0.05) is 5.56 Å². The minimum absolute atomic E-state index is 0.144. The Kier molecular flexibility index (Phi) is 5.05. The van der Waals surface area contributed by atoms with Crippen molar-refractivity contribution >= 4 is 21.6 Å². The smallest absolute Gasteiger partial charge is 0.252 e. The Morgan fingerprint density at radius 1 is 1.04 bits per heavy atom. The quantitative estimate of drug-likeness (QED) is 0.884. The Labute approximate surface area is 136 Å². The molecule has 2 aromatic rings. The molecule has 2 aromatic carbocycles. The molecule has 1 atom stereocenters. The SMILES string of the molecule is Cc1c(NS(C)(=O)=O)cccc1C(=O)N[C@@H](C)c1ccccc1. The van der Waals surface area contributed by atoms with E-state index in [9.17, 15) is 13.2 Å². The van der Waals surface area contributed by atoms with Crippen LogP contribution in [0.4, 0.5) is 5.69 Å². The molecule has 5 nitrogen and oxygen atoms in total. The lowest BCUT2D eigenvalue weighted by molar-refractivity contribution is 0.0939. The summed E-state index contributed by atoms with van der Waals surface area (Å²) in [5, 5.41) is 2.93. The molecule has 6 heteroatoms. The first kappa shape index (κ1) is 17.0. The monoisotopic (exact) mass is 332 g/mol. The van der Waals surface area contributed by atoms with Crippen molar-refractivity contribution in [1.29, 1.82) is 0 Å². The summed E-state index contributed by atoms with van der Waals surface area (Å²) in [5.74, 6) is -0.240. The molecular weight excluding hydrogens is 312 g/mol. The molecule has 0 aromatic heterocycles. The van der Waals surface area contributed by atoms with E-state index in [4.69, 9.17) is 0 Å². The second kappa shape index (κ2) is 6.83. The molecule has 2 rings (SSSR count). The molecule has 0 saturated heterocycles. The van der Waals surface area contributed by atoms with Crippen molar-refractivity contribution in [3.8, 4) is 0 Å². The lowest BCUT2D eigenvalue weighted by Gasteiger charge is -2.16. The van der Waals surface area contributed by atoms with Crippen molar-refractivity contribution in [2.24, 2.45) is 0 Å². The van der Waals surface area contributed by atoms with Crippen LogP contribution in [0.3, 0.4) is 0 Å². The van der Waals surface area contributed by atoms with Gasteiger partial charge in [-0.25, -0.2) is 8.42 Å². The molecule has 0 heterocycles. The molecule has 23 heavy (non-hydrogen) atoms. The number of rotatable bonds is 5. The van der Waals surface area contributed by atoms with Crippen molar-refractivity contribution in [2.75, 3.05) is 11.0 Å². The highest BCUT2D eigenvalue weighted by Gasteiger charge is 2.16. The number of sulfonamides is 1. The largest absolute Gasteiger partial charge is 0.346 e. The third-order valence-corrected chi connectivity index (χ3v) is 4.11. The van der Waals surface area contributed by atoms with Crippen molar-refractivity contribution in [3.63, 3.8) is 0 Å². The van der Waals surface area contributed by atoms with Crippen molar-refractivity contribution in [2.45, 2.75) is 19.9 Å². The molecule has 0 aliphatic heterocycles. The van der Waals surface area contributed by atoms with Gasteiger partial charge in [-0.05, 0) is 37.1 Å². The highest BCUT2D eigenvalue weighted by molar-refractivity contribution is 7.92. The first-order valence-corrected chi connectivity index (χ1v) is 9.10. The fraction of sp³-hybridized carbons (Fsp3) is 0.235. The van der Waals surface area contributed by atoms with Crippen molar-refractivity contribution in [3.05, 3.63) is 65.2 Å². The van der Waals surface area contributed by atoms with Crippen molar-refractivity contribution < 1.29 is 13.2 Å². The van der Waals surface area contributed by atoms with Crippen LogP contribution in [0.1, 0.15) is 34.5 Å². The van der Waals surface area contributed by atoms with Gasteiger partial charge in [0.2, 0.25) is 10.0 Å². The molecule has 1 amide bonds. The standard InChI is InChI=1S/C17H20N2O3S/c1-12-15(10-7-11-16(12)19-23(3,21)22)17(20)18-13(2)14-8-5-4-6-9-14/h4-11,13,19H,1-3H3,(H,18,20)/t13-/m0/s1. The molecule has 2 N–H and O–H groups in total. The second-order valence-electron chi connectivity index (χ2n) is 5.46. The van der Waals surface area contributed by atoms with Crippen molar-refractivity contribution in [1.82, 2.24) is 5.32 Å². The van der Waals surface area contributed by atoms with Crippen LogP contribution < -0.4 is 10.0 Å². The van der Waals surface area contributed by atoms with Crippen LogP contribution in [0.25, 0.3) is 0 Å². The molecular formula is C17H20N2O3S. The molecule has 0 fully saturated rings. The minimum Gasteiger partial charge on any atom is -0.346 e. The van der Waals surface area contributed by atoms with E-state index in [-0.39, 0.29) is 11.9 Å². The van der Waals surface area contributed by atoms with Crippen LogP contribution in [0.5, 0.6) is 0 Å². The molecule has 0 saturated carbocycles. The number of anilines is 1. The third-order valence-electron chi connectivity index (χ3n) is 3.52. The number of carbonyl (C=O) groups is 1.